The van der Waals surface area contributed by atoms with Crippen LogP contribution >= 0.6 is 0 Å². The van der Waals surface area contributed by atoms with E-state index in [9.17, 15) is 4.79 Å². The lowest BCUT2D eigenvalue weighted by Crippen LogP contribution is -2.45. The highest BCUT2D eigenvalue weighted by Crippen LogP contribution is 2.26. The normalized spacial score (nSPS) is 21.8. The van der Waals surface area contributed by atoms with Gasteiger partial charge in [-0.1, -0.05) is 19.3 Å². The summed E-state index contributed by atoms with van der Waals surface area (Å²) < 4.78 is 5.36. The van der Waals surface area contributed by atoms with Gasteiger partial charge in [-0.15, -0.1) is 0 Å². The molecule has 1 saturated carbocycles. The third-order valence-corrected chi connectivity index (χ3v) is 5.31. The molecular formula is C20H38N4O2. The maximum absolute atomic E-state index is 12.7. The summed E-state index contributed by atoms with van der Waals surface area (Å²) in [7, 11) is 0. The maximum Gasteiger partial charge on any atom is 0.225 e. The third kappa shape index (κ3) is 7.14. The largest absolute Gasteiger partial charge is 0.382 e. The molecule has 1 atom stereocenters. The molecule has 6 nitrogen and oxygen atoms in total. The summed E-state index contributed by atoms with van der Waals surface area (Å²) in [4.78, 5) is 19.4. The average Bonchev–Trinajstić information content (AvgIpc) is 3.13. The Morgan fingerprint density at radius 2 is 1.96 bits per heavy atom. The van der Waals surface area contributed by atoms with E-state index in [0.717, 1.165) is 77.5 Å². The molecule has 1 aliphatic heterocycles. The molecule has 0 aromatic carbocycles. The molecule has 0 spiro atoms. The van der Waals surface area contributed by atoms with Gasteiger partial charge in [0.1, 0.15) is 0 Å². The smallest absolute Gasteiger partial charge is 0.225 e. The molecule has 2 aliphatic rings. The van der Waals surface area contributed by atoms with E-state index >= 15 is 0 Å². The van der Waals surface area contributed by atoms with Gasteiger partial charge in [-0.05, 0) is 46.0 Å². The summed E-state index contributed by atoms with van der Waals surface area (Å²) in [6, 6.07) is 0.309. The lowest BCUT2D eigenvalue weighted by Gasteiger charge is -2.26. The maximum atomic E-state index is 12.7. The zero-order chi connectivity index (χ0) is 18.6. The second-order valence-corrected chi connectivity index (χ2v) is 7.41. The number of carbonyl (C=O) groups is 1. The number of hydrogen-bond acceptors (Lipinski definition) is 3. The van der Waals surface area contributed by atoms with Gasteiger partial charge in [-0.2, -0.15) is 0 Å². The summed E-state index contributed by atoms with van der Waals surface area (Å²) in [6.07, 6.45) is 8.98. The van der Waals surface area contributed by atoms with Crippen molar-refractivity contribution in [1.29, 1.82) is 0 Å². The summed E-state index contributed by atoms with van der Waals surface area (Å²) in [5.74, 6) is 1.53. The van der Waals surface area contributed by atoms with Gasteiger partial charge in [0.2, 0.25) is 5.91 Å². The van der Waals surface area contributed by atoms with Gasteiger partial charge in [0.25, 0.3) is 0 Å². The van der Waals surface area contributed by atoms with E-state index in [4.69, 9.17) is 4.74 Å². The first-order chi connectivity index (χ1) is 12.7. The summed E-state index contributed by atoms with van der Waals surface area (Å²) in [6.45, 7) is 9.05. The van der Waals surface area contributed by atoms with Crippen molar-refractivity contribution in [3.63, 3.8) is 0 Å². The van der Waals surface area contributed by atoms with Crippen LogP contribution in [0.3, 0.4) is 0 Å². The van der Waals surface area contributed by atoms with Crippen molar-refractivity contribution in [1.82, 2.24) is 15.5 Å². The van der Waals surface area contributed by atoms with Gasteiger partial charge < -0.3 is 20.3 Å². The van der Waals surface area contributed by atoms with Gasteiger partial charge in [0.15, 0.2) is 5.96 Å². The van der Waals surface area contributed by atoms with Crippen LogP contribution in [0.2, 0.25) is 0 Å². The third-order valence-electron chi connectivity index (χ3n) is 5.31. The van der Waals surface area contributed by atoms with E-state index in [1.807, 2.05) is 6.92 Å². The van der Waals surface area contributed by atoms with E-state index in [0.29, 0.717) is 11.9 Å². The number of unbranched alkanes of at least 4 members (excludes halogenated alkanes) is 1. The van der Waals surface area contributed by atoms with Crippen LogP contribution in [0.1, 0.15) is 65.2 Å². The number of nitrogens with one attached hydrogen (secondary N) is 2. The quantitative estimate of drug-likeness (QED) is 0.374. The Morgan fingerprint density at radius 1 is 1.15 bits per heavy atom. The molecule has 2 rings (SSSR count). The molecule has 2 fully saturated rings. The number of hydrogen-bond donors (Lipinski definition) is 2. The fourth-order valence-corrected chi connectivity index (χ4v) is 3.85. The van der Waals surface area contributed by atoms with Crippen LogP contribution in [0.15, 0.2) is 4.99 Å². The number of rotatable bonds is 9. The van der Waals surface area contributed by atoms with Gasteiger partial charge in [-0.3, -0.25) is 9.79 Å². The monoisotopic (exact) mass is 366 g/mol. The molecule has 1 saturated heterocycles. The number of aliphatic imine (C=N–C) groups is 1. The molecule has 1 heterocycles. The second-order valence-electron chi connectivity index (χ2n) is 7.41. The predicted molar refractivity (Wildman–Crippen MR) is 106 cm³/mol. The topological polar surface area (TPSA) is 66.0 Å². The highest BCUT2D eigenvalue weighted by atomic mass is 16.5. The van der Waals surface area contributed by atoms with E-state index < -0.39 is 0 Å². The summed E-state index contributed by atoms with van der Waals surface area (Å²) in [5.41, 5.74) is 0. The van der Waals surface area contributed by atoms with Crippen LogP contribution in [0.25, 0.3) is 0 Å². The molecule has 0 bridgehead atoms. The van der Waals surface area contributed by atoms with E-state index in [2.05, 4.69) is 27.4 Å². The molecule has 0 radical (unpaired) electrons. The summed E-state index contributed by atoms with van der Waals surface area (Å²) >= 11 is 0. The Kier molecular flexibility index (Phi) is 9.82. The molecule has 1 amide bonds. The fraction of sp³-hybridized carbons (Fsp3) is 0.900. The van der Waals surface area contributed by atoms with Crippen molar-refractivity contribution < 1.29 is 9.53 Å². The minimum atomic E-state index is 0.273. The van der Waals surface area contributed by atoms with Crippen LogP contribution in [0.4, 0.5) is 0 Å². The fourth-order valence-electron chi connectivity index (χ4n) is 3.85. The van der Waals surface area contributed by atoms with E-state index in [-0.39, 0.29) is 5.92 Å². The highest BCUT2D eigenvalue weighted by Gasteiger charge is 2.31. The minimum Gasteiger partial charge on any atom is -0.382 e. The second kappa shape index (κ2) is 12.2. The standard InChI is InChI=1S/C20H38N4O2/c1-3-21-20(22-13-8-9-15-26-4-2)23-18-12-14-24(16-18)19(25)17-10-6-5-7-11-17/h17-18H,3-16H2,1-2H3,(H2,21,22,23). The molecule has 0 aromatic rings. The Balaban J connectivity index is 1.73. The van der Waals surface area contributed by atoms with Gasteiger partial charge >= 0.3 is 0 Å². The molecular weight excluding hydrogens is 328 g/mol. The number of guanidine groups is 1. The number of amides is 1. The van der Waals surface area contributed by atoms with Crippen LogP contribution in [-0.2, 0) is 9.53 Å². The van der Waals surface area contributed by atoms with Crippen LogP contribution in [-0.4, -0.2) is 62.2 Å². The first-order valence-electron chi connectivity index (χ1n) is 10.7. The van der Waals surface area contributed by atoms with Crippen LogP contribution in [0, 0.1) is 5.92 Å². The number of ether oxygens (including phenoxy) is 1. The van der Waals surface area contributed by atoms with E-state index in [1.54, 1.807) is 0 Å². The average molecular weight is 367 g/mol. The lowest BCUT2D eigenvalue weighted by atomic mass is 9.88. The Bertz CT molecular complexity index is 436. The van der Waals surface area contributed by atoms with Crippen LogP contribution < -0.4 is 10.6 Å². The molecule has 1 unspecified atom stereocenters. The molecule has 150 valence electrons. The number of nitrogens with zero attached hydrogens (tertiary/aromatic N) is 2. The van der Waals surface area contributed by atoms with Crippen LogP contribution in [0.5, 0.6) is 0 Å². The summed E-state index contributed by atoms with van der Waals surface area (Å²) in [5, 5.41) is 6.84. The lowest BCUT2D eigenvalue weighted by molar-refractivity contribution is -0.135. The van der Waals surface area contributed by atoms with Crippen molar-refractivity contribution in [2.75, 3.05) is 39.4 Å². The Hall–Kier alpha value is -1.30. The minimum absolute atomic E-state index is 0.273. The number of likely N-dealkylation sites (tertiary alicyclic amines) is 1. The molecule has 0 aromatic heterocycles. The van der Waals surface area contributed by atoms with Gasteiger partial charge in [0, 0.05) is 51.4 Å². The Labute approximate surface area is 159 Å². The zero-order valence-electron chi connectivity index (χ0n) is 16.8. The SMILES string of the molecule is CCNC(=NCCCCOCC)NC1CCN(C(=O)C2CCCCC2)C1. The van der Waals surface area contributed by atoms with Gasteiger partial charge in [-0.25, -0.2) is 0 Å². The molecule has 26 heavy (non-hydrogen) atoms. The zero-order valence-corrected chi connectivity index (χ0v) is 16.8. The predicted octanol–water partition coefficient (Wildman–Crippen LogP) is 2.54. The number of carbonyl (C=O) groups excluding carboxylic acids is 1. The Morgan fingerprint density at radius 3 is 2.69 bits per heavy atom. The van der Waals surface area contributed by atoms with Gasteiger partial charge in [0.05, 0.1) is 0 Å². The first kappa shape index (κ1) is 21.0. The van der Waals surface area contributed by atoms with Crippen molar-refractivity contribution in [2.45, 2.75) is 71.3 Å². The van der Waals surface area contributed by atoms with Crippen molar-refractivity contribution in [3.8, 4) is 0 Å². The highest BCUT2D eigenvalue weighted by molar-refractivity contribution is 5.81. The van der Waals surface area contributed by atoms with Crippen molar-refractivity contribution in [2.24, 2.45) is 10.9 Å². The first-order valence-corrected chi connectivity index (χ1v) is 10.7. The van der Waals surface area contributed by atoms with Crippen molar-refractivity contribution >= 4 is 11.9 Å². The molecule has 2 N–H and O–H groups in total. The van der Waals surface area contributed by atoms with E-state index in [1.165, 1.54) is 19.3 Å². The molecule has 6 heteroatoms. The van der Waals surface area contributed by atoms with Crippen molar-refractivity contribution in [3.05, 3.63) is 0 Å². The molecule has 1 aliphatic carbocycles.